The minimum atomic E-state index is -0.228. The van der Waals surface area contributed by atoms with Crippen LogP contribution in [0.5, 0.6) is 0 Å². The summed E-state index contributed by atoms with van der Waals surface area (Å²) in [4.78, 5) is 26.2. The molecule has 1 aliphatic heterocycles. The third kappa shape index (κ3) is 4.07. The Hall–Kier alpha value is -1.89. The third-order valence-electron chi connectivity index (χ3n) is 3.82. The Labute approximate surface area is 131 Å². The van der Waals surface area contributed by atoms with Crippen molar-refractivity contribution in [2.75, 3.05) is 25.0 Å². The monoisotopic (exact) mass is 307 g/mol. The Morgan fingerprint density at radius 2 is 2.32 bits per heavy atom. The molecule has 22 heavy (non-hydrogen) atoms. The molecule has 2 N–H and O–H groups in total. The van der Waals surface area contributed by atoms with E-state index in [4.69, 9.17) is 0 Å². The third-order valence-corrected chi connectivity index (χ3v) is 3.82. The SMILES string of the molecule is CCCn1nccc1NC(=O)CN1CCCNC(=O)[C@@H]1CC. The van der Waals surface area contributed by atoms with Gasteiger partial charge in [0.1, 0.15) is 5.82 Å². The molecule has 0 aliphatic carbocycles. The number of carbonyl (C=O) groups excluding carboxylic acids is 2. The Morgan fingerprint density at radius 3 is 3.05 bits per heavy atom. The second-order valence-corrected chi connectivity index (χ2v) is 5.53. The summed E-state index contributed by atoms with van der Waals surface area (Å²) in [7, 11) is 0. The van der Waals surface area contributed by atoms with Gasteiger partial charge in [0.2, 0.25) is 11.8 Å². The van der Waals surface area contributed by atoms with E-state index in [1.807, 2.05) is 11.8 Å². The van der Waals surface area contributed by atoms with E-state index < -0.39 is 0 Å². The van der Waals surface area contributed by atoms with E-state index in [2.05, 4.69) is 22.7 Å². The molecule has 7 heteroatoms. The Balaban J connectivity index is 1.97. The lowest BCUT2D eigenvalue weighted by molar-refractivity contribution is -0.126. The molecule has 0 aromatic carbocycles. The number of nitrogens with one attached hydrogen (secondary N) is 2. The van der Waals surface area contributed by atoms with Gasteiger partial charge in [0.25, 0.3) is 0 Å². The van der Waals surface area contributed by atoms with Crippen LogP contribution in [-0.4, -0.2) is 52.2 Å². The molecule has 2 heterocycles. The molecule has 0 saturated carbocycles. The Morgan fingerprint density at radius 1 is 1.50 bits per heavy atom. The fourth-order valence-electron chi connectivity index (χ4n) is 2.76. The van der Waals surface area contributed by atoms with Crippen LogP contribution in [0.3, 0.4) is 0 Å². The Kier molecular flexibility index (Phi) is 5.94. The molecule has 0 radical (unpaired) electrons. The van der Waals surface area contributed by atoms with E-state index in [0.29, 0.717) is 18.8 Å². The fourth-order valence-corrected chi connectivity index (χ4v) is 2.76. The lowest BCUT2D eigenvalue weighted by Crippen LogP contribution is -2.46. The maximum Gasteiger partial charge on any atom is 0.239 e. The highest BCUT2D eigenvalue weighted by Gasteiger charge is 2.27. The van der Waals surface area contributed by atoms with Gasteiger partial charge < -0.3 is 10.6 Å². The molecule has 7 nitrogen and oxygen atoms in total. The topological polar surface area (TPSA) is 79.3 Å². The van der Waals surface area contributed by atoms with Gasteiger partial charge >= 0.3 is 0 Å². The standard InChI is InChI=1S/C15H25N5O2/c1-3-9-20-13(6-8-17-20)18-14(21)11-19-10-5-7-16-15(22)12(19)4-2/h6,8,12H,3-5,7,9-11H2,1-2H3,(H,16,22)(H,18,21)/t12-/m0/s1. The zero-order valence-electron chi connectivity index (χ0n) is 13.3. The maximum absolute atomic E-state index is 12.3. The molecule has 1 aromatic rings. The molecular formula is C15H25N5O2. The zero-order valence-corrected chi connectivity index (χ0v) is 13.3. The summed E-state index contributed by atoms with van der Waals surface area (Å²) in [5.41, 5.74) is 0. The van der Waals surface area contributed by atoms with Gasteiger partial charge in [0.15, 0.2) is 0 Å². The molecule has 122 valence electrons. The van der Waals surface area contributed by atoms with Crippen molar-refractivity contribution in [1.82, 2.24) is 20.0 Å². The van der Waals surface area contributed by atoms with Gasteiger partial charge in [-0.3, -0.25) is 14.5 Å². The van der Waals surface area contributed by atoms with Crippen molar-refractivity contribution < 1.29 is 9.59 Å². The van der Waals surface area contributed by atoms with Gasteiger partial charge in [-0.15, -0.1) is 0 Å². The summed E-state index contributed by atoms with van der Waals surface area (Å²) in [6.45, 7) is 6.46. The molecule has 2 amide bonds. The van der Waals surface area contributed by atoms with Crippen molar-refractivity contribution in [3.05, 3.63) is 12.3 Å². The minimum Gasteiger partial charge on any atom is -0.355 e. The number of rotatable bonds is 6. The number of nitrogens with zero attached hydrogens (tertiary/aromatic N) is 3. The normalized spacial score (nSPS) is 19.5. The number of aryl methyl sites for hydroxylation is 1. The zero-order chi connectivity index (χ0) is 15.9. The van der Waals surface area contributed by atoms with Crippen LogP contribution in [0.15, 0.2) is 12.3 Å². The molecule has 1 atom stereocenters. The number of carbonyl (C=O) groups is 2. The van der Waals surface area contributed by atoms with Crippen LogP contribution in [0.4, 0.5) is 5.82 Å². The van der Waals surface area contributed by atoms with E-state index in [1.54, 1.807) is 16.9 Å². The molecule has 1 aliphatic rings. The first-order valence-electron chi connectivity index (χ1n) is 7.99. The molecule has 1 saturated heterocycles. The highest BCUT2D eigenvalue weighted by Crippen LogP contribution is 2.11. The molecule has 1 aromatic heterocycles. The van der Waals surface area contributed by atoms with E-state index in [1.165, 1.54) is 0 Å². The van der Waals surface area contributed by atoms with Gasteiger partial charge in [0, 0.05) is 25.7 Å². The highest BCUT2D eigenvalue weighted by atomic mass is 16.2. The smallest absolute Gasteiger partial charge is 0.239 e. The van der Waals surface area contributed by atoms with Crippen molar-refractivity contribution in [2.24, 2.45) is 0 Å². The van der Waals surface area contributed by atoms with E-state index in [9.17, 15) is 9.59 Å². The summed E-state index contributed by atoms with van der Waals surface area (Å²) < 4.78 is 1.78. The number of aromatic nitrogens is 2. The van der Waals surface area contributed by atoms with Crippen LogP contribution in [0.1, 0.15) is 33.1 Å². The lowest BCUT2D eigenvalue weighted by atomic mass is 10.2. The number of amides is 2. The van der Waals surface area contributed by atoms with Crippen LogP contribution in [-0.2, 0) is 16.1 Å². The number of anilines is 1. The van der Waals surface area contributed by atoms with Gasteiger partial charge in [-0.25, -0.2) is 4.68 Å². The van der Waals surface area contributed by atoms with E-state index >= 15 is 0 Å². The first-order valence-corrected chi connectivity index (χ1v) is 7.99. The number of hydrogen-bond donors (Lipinski definition) is 2. The fraction of sp³-hybridized carbons (Fsp3) is 0.667. The highest BCUT2D eigenvalue weighted by molar-refractivity contribution is 5.92. The molecule has 1 fully saturated rings. The van der Waals surface area contributed by atoms with Crippen LogP contribution >= 0.6 is 0 Å². The summed E-state index contributed by atoms with van der Waals surface area (Å²) in [6.07, 6.45) is 4.20. The van der Waals surface area contributed by atoms with Gasteiger partial charge in [0.05, 0.1) is 18.8 Å². The van der Waals surface area contributed by atoms with Crippen LogP contribution in [0.25, 0.3) is 0 Å². The average Bonchev–Trinajstić information content (AvgIpc) is 2.83. The second kappa shape index (κ2) is 7.93. The minimum absolute atomic E-state index is 0.0174. The van der Waals surface area contributed by atoms with E-state index in [-0.39, 0.29) is 24.4 Å². The molecular weight excluding hydrogens is 282 g/mol. The molecule has 0 spiro atoms. The first-order chi connectivity index (χ1) is 10.7. The lowest BCUT2D eigenvalue weighted by Gasteiger charge is -2.26. The van der Waals surface area contributed by atoms with Gasteiger partial charge in [-0.1, -0.05) is 13.8 Å². The van der Waals surface area contributed by atoms with Crippen molar-refractivity contribution in [3.63, 3.8) is 0 Å². The van der Waals surface area contributed by atoms with Crippen molar-refractivity contribution in [3.8, 4) is 0 Å². The second-order valence-electron chi connectivity index (χ2n) is 5.53. The van der Waals surface area contributed by atoms with Crippen LogP contribution < -0.4 is 10.6 Å². The average molecular weight is 307 g/mol. The molecule has 0 unspecified atom stereocenters. The summed E-state index contributed by atoms with van der Waals surface area (Å²) in [5.74, 6) is 0.619. The molecule has 0 bridgehead atoms. The van der Waals surface area contributed by atoms with Gasteiger partial charge in [-0.2, -0.15) is 5.10 Å². The van der Waals surface area contributed by atoms with Crippen molar-refractivity contribution in [1.29, 1.82) is 0 Å². The summed E-state index contributed by atoms with van der Waals surface area (Å²) >= 11 is 0. The number of hydrogen-bond acceptors (Lipinski definition) is 4. The Bertz CT molecular complexity index is 514. The predicted octanol–water partition coefficient (Wildman–Crippen LogP) is 0.832. The quantitative estimate of drug-likeness (QED) is 0.816. The van der Waals surface area contributed by atoms with Crippen LogP contribution in [0, 0.1) is 0 Å². The maximum atomic E-state index is 12.3. The van der Waals surface area contributed by atoms with Gasteiger partial charge in [-0.05, 0) is 19.3 Å². The summed E-state index contributed by atoms with van der Waals surface area (Å²) in [5, 5.41) is 9.97. The molecule has 2 rings (SSSR count). The predicted molar refractivity (Wildman–Crippen MR) is 84.4 cm³/mol. The van der Waals surface area contributed by atoms with E-state index in [0.717, 1.165) is 25.9 Å². The first kappa shape index (κ1) is 16.5. The van der Waals surface area contributed by atoms with Crippen LogP contribution in [0.2, 0.25) is 0 Å². The largest absolute Gasteiger partial charge is 0.355 e. The summed E-state index contributed by atoms with van der Waals surface area (Å²) in [6, 6.07) is 1.56. The van der Waals surface area contributed by atoms with Crippen molar-refractivity contribution >= 4 is 17.6 Å². The van der Waals surface area contributed by atoms with Crippen molar-refractivity contribution in [2.45, 2.75) is 45.7 Å².